The first-order chi connectivity index (χ1) is 11.5. The number of carbonyl (C=O) groups is 1. The van der Waals surface area contributed by atoms with Crippen LogP contribution in [0.2, 0.25) is 0 Å². The predicted octanol–water partition coefficient (Wildman–Crippen LogP) is 4.10. The van der Waals surface area contributed by atoms with Crippen LogP contribution in [-0.2, 0) is 17.4 Å². The molecule has 0 fully saturated rings. The topological polar surface area (TPSA) is 32.3 Å². The Morgan fingerprint density at radius 3 is 2.58 bits per heavy atom. The summed E-state index contributed by atoms with van der Waals surface area (Å²) < 4.78 is 39.0. The van der Waals surface area contributed by atoms with Crippen LogP contribution in [0, 0.1) is 0 Å². The lowest BCUT2D eigenvalue weighted by molar-refractivity contribution is -0.137. The molecule has 1 N–H and O–H groups in total. The van der Waals surface area contributed by atoms with Gasteiger partial charge in [0.2, 0.25) is 5.91 Å². The Morgan fingerprint density at radius 2 is 1.79 bits per heavy atom. The Labute approximate surface area is 138 Å². The van der Waals surface area contributed by atoms with Gasteiger partial charge in [-0.2, -0.15) is 13.2 Å². The highest BCUT2D eigenvalue weighted by Gasteiger charge is 2.33. The molecule has 3 nitrogen and oxygen atoms in total. The second kappa shape index (κ2) is 6.55. The van der Waals surface area contributed by atoms with Gasteiger partial charge in [0.05, 0.1) is 12.1 Å². The van der Waals surface area contributed by atoms with Crippen molar-refractivity contribution in [2.45, 2.75) is 19.0 Å². The molecule has 1 heterocycles. The first-order valence-electron chi connectivity index (χ1n) is 7.75. The fourth-order valence-corrected chi connectivity index (χ4v) is 2.94. The zero-order chi connectivity index (χ0) is 17.2. The number of aryl methyl sites for hydroxylation is 1. The normalized spacial score (nSPS) is 14.2. The van der Waals surface area contributed by atoms with Crippen LogP contribution in [0.1, 0.15) is 17.5 Å². The molecule has 0 aliphatic carbocycles. The minimum atomic E-state index is -4.45. The van der Waals surface area contributed by atoms with Crippen LogP contribution in [0.4, 0.5) is 24.5 Å². The highest BCUT2D eigenvalue weighted by molar-refractivity contribution is 5.97. The van der Waals surface area contributed by atoms with E-state index in [1.54, 1.807) is 4.90 Å². The molecule has 2 aromatic carbocycles. The molecule has 0 radical (unpaired) electrons. The number of para-hydroxylation sites is 2. The first-order valence-corrected chi connectivity index (χ1v) is 7.75. The molecule has 0 bridgehead atoms. The molecule has 1 aliphatic rings. The first kappa shape index (κ1) is 16.4. The summed E-state index contributed by atoms with van der Waals surface area (Å²) in [4.78, 5) is 14.1. The van der Waals surface area contributed by atoms with Gasteiger partial charge < -0.3 is 10.2 Å². The van der Waals surface area contributed by atoms with E-state index in [2.05, 4.69) is 5.32 Å². The number of rotatable bonds is 3. The van der Waals surface area contributed by atoms with Crippen molar-refractivity contribution in [2.24, 2.45) is 0 Å². The fraction of sp³-hybridized carbons (Fsp3) is 0.278. The van der Waals surface area contributed by atoms with Crippen LogP contribution in [-0.4, -0.2) is 19.0 Å². The summed E-state index contributed by atoms with van der Waals surface area (Å²) in [5.41, 5.74) is 1.09. The molecule has 0 aromatic heterocycles. The van der Waals surface area contributed by atoms with Crippen molar-refractivity contribution in [3.8, 4) is 0 Å². The van der Waals surface area contributed by atoms with E-state index in [-0.39, 0.29) is 18.1 Å². The number of hydrogen-bond donors (Lipinski definition) is 1. The maximum atomic E-state index is 13.0. The second-order valence-electron chi connectivity index (χ2n) is 5.67. The van der Waals surface area contributed by atoms with Gasteiger partial charge in [0.1, 0.15) is 0 Å². The third-order valence-electron chi connectivity index (χ3n) is 4.07. The zero-order valence-electron chi connectivity index (χ0n) is 12.9. The molecule has 0 saturated heterocycles. The van der Waals surface area contributed by atoms with E-state index in [9.17, 15) is 18.0 Å². The number of amides is 1. The van der Waals surface area contributed by atoms with Crippen molar-refractivity contribution < 1.29 is 18.0 Å². The van der Waals surface area contributed by atoms with Crippen LogP contribution in [0.5, 0.6) is 0 Å². The highest BCUT2D eigenvalue weighted by Crippen LogP contribution is 2.34. The molecule has 0 unspecified atom stereocenters. The van der Waals surface area contributed by atoms with E-state index in [0.29, 0.717) is 6.54 Å². The van der Waals surface area contributed by atoms with Crippen molar-refractivity contribution in [3.05, 3.63) is 59.7 Å². The molecule has 2 aromatic rings. The van der Waals surface area contributed by atoms with Crippen LogP contribution in [0.25, 0.3) is 0 Å². The summed E-state index contributed by atoms with van der Waals surface area (Å²) in [5, 5.41) is 2.64. The SMILES string of the molecule is O=C(CNc1ccccc1C(F)(F)F)N1CCCc2ccccc21. The standard InChI is InChI=1S/C18H17F3N2O/c19-18(20,21)14-8-2-3-9-15(14)22-12-17(24)23-11-5-7-13-6-1-4-10-16(13)23/h1-4,6,8-10,22H,5,7,11-12H2. The molecular weight excluding hydrogens is 317 g/mol. The average molecular weight is 334 g/mol. The van der Waals surface area contributed by atoms with Gasteiger partial charge in [-0.15, -0.1) is 0 Å². The van der Waals surface area contributed by atoms with Crippen LogP contribution in [0.15, 0.2) is 48.5 Å². The summed E-state index contributed by atoms with van der Waals surface area (Å²) in [6, 6.07) is 12.8. The number of nitrogens with zero attached hydrogens (tertiary/aromatic N) is 1. The molecule has 126 valence electrons. The minimum absolute atomic E-state index is 0.0800. The summed E-state index contributed by atoms with van der Waals surface area (Å²) in [6.45, 7) is 0.403. The largest absolute Gasteiger partial charge is 0.418 e. The molecule has 0 atom stereocenters. The molecule has 3 rings (SSSR count). The second-order valence-corrected chi connectivity index (χ2v) is 5.67. The van der Waals surface area contributed by atoms with Crippen molar-refractivity contribution in [1.29, 1.82) is 0 Å². The Hall–Kier alpha value is -2.50. The number of hydrogen-bond acceptors (Lipinski definition) is 2. The molecule has 6 heteroatoms. The molecule has 24 heavy (non-hydrogen) atoms. The molecule has 1 aliphatic heterocycles. The van der Waals surface area contributed by atoms with Crippen molar-refractivity contribution in [3.63, 3.8) is 0 Å². The fourth-order valence-electron chi connectivity index (χ4n) is 2.94. The van der Waals surface area contributed by atoms with Gasteiger partial charge in [0.15, 0.2) is 0 Å². The Bertz CT molecular complexity index is 743. The Balaban J connectivity index is 1.74. The van der Waals surface area contributed by atoms with Gasteiger partial charge in [0, 0.05) is 17.9 Å². The highest BCUT2D eigenvalue weighted by atomic mass is 19.4. The van der Waals surface area contributed by atoms with Gasteiger partial charge in [-0.1, -0.05) is 30.3 Å². The Morgan fingerprint density at radius 1 is 1.08 bits per heavy atom. The lowest BCUT2D eigenvalue weighted by Gasteiger charge is -2.29. The van der Waals surface area contributed by atoms with Gasteiger partial charge in [-0.05, 0) is 36.6 Å². The van der Waals surface area contributed by atoms with Crippen LogP contribution in [0.3, 0.4) is 0 Å². The van der Waals surface area contributed by atoms with E-state index in [1.165, 1.54) is 18.2 Å². The van der Waals surface area contributed by atoms with Crippen molar-refractivity contribution >= 4 is 17.3 Å². The predicted molar refractivity (Wildman–Crippen MR) is 87.0 cm³/mol. The number of alkyl halides is 3. The van der Waals surface area contributed by atoms with Gasteiger partial charge in [-0.3, -0.25) is 4.79 Å². The van der Waals surface area contributed by atoms with E-state index in [4.69, 9.17) is 0 Å². The smallest absolute Gasteiger partial charge is 0.376 e. The van der Waals surface area contributed by atoms with Crippen molar-refractivity contribution in [1.82, 2.24) is 0 Å². The number of carbonyl (C=O) groups excluding carboxylic acids is 1. The lowest BCUT2D eigenvalue weighted by Crippen LogP contribution is -2.39. The number of anilines is 2. The lowest BCUT2D eigenvalue weighted by atomic mass is 10.0. The molecule has 1 amide bonds. The monoisotopic (exact) mass is 334 g/mol. The minimum Gasteiger partial charge on any atom is -0.376 e. The van der Waals surface area contributed by atoms with Gasteiger partial charge in [-0.25, -0.2) is 0 Å². The maximum Gasteiger partial charge on any atom is 0.418 e. The summed E-state index contributed by atoms with van der Waals surface area (Å²) in [6.07, 6.45) is -2.70. The number of nitrogens with one attached hydrogen (secondary N) is 1. The quantitative estimate of drug-likeness (QED) is 0.917. The van der Waals surface area contributed by atoms with Crippen LogP contribution < -0.4 is 10.2 Å². The van der Waals surface area contributed by atoms with Crippen LogP contribution >= 0.6 is 0 Å². The Kier molecular flexibility index (Phi) is 4.46. The van der Waals surface area contributed by atoms with E-state index in [1.807, 2.05) is 24.3 Å². The van der Waals surface area contributed by atoms with Crippen molar-refractivity contribution in [2.75, 3.05) is 23.3 Å². The average Bonchev–Trinajstić information content (AvgIpc) is 2.58. The zero-order valence-corrected chi connectivity index (χ0v) is 12.9. The van der Waals surface area contributed by atoms with E-state index in [0.717, 1.165) is 30.2 Å². The number of fused-ring (bicyclic) bond motifs is 1. The molecular formula is C18H17F3N2O. The third-order valence-corrected chi connectivity index (χ3v) is 4.07. The van der Waals surface area contributed by atoms with E-state index < -0.39 is 11.7 Å². The summed E-state index contributed by atoms with van der Waals surface area (Å²) in [7, 11) is 0. The summed E-state index contributed by atoms with van der Waals surface area (Å²) >= 11 is 0. The third kappa shape index (κ3) is 3.37. The summed E-state index contributed by atoms with van der Waals surface area (Å²) in [5.74, 6) is -0.237. The molecule has 0 spiro atoms. The van der Waals surface area contributed by atoms with Gasteiger partial charge in [0.25, 0.3) is 0 Å². The number of halogens is 3. The number of benzene rings is 2. The van der Waals surface area contributed by atoms with E-state index >= 15 is 0 Å². The molecule has 0 saturated carbocycles. The maximum absolute atomic E-state index is 13.0. The van der Waals surface area contributed by atoms with Gasteiger partial charge >= 0.3 is 6.18 Å².